The molecule has 0 aliphatic heterocycles. The molecule has 98 valence electrons. The van der Waals surface area contributed by atoms with Crippen molar-refractivity contribution in [3.63, 3.8) is 0 Å². The molecular formula is C17H13NO2. The molecule has 0 bridgehead atoms. The molecule has 0 saturated carbocycles. The van der Waals surface area contributed by atoms with E-state index in [1.54, 1.807) is 36.4 Å². The summed E-state index contributed by atoms with van der Waals surface area (Å²) in [6.07, 6.45) is 5.07. The third-order valence-electron chi connectivity index (χ3n) is 2.80. The number of terminal acetylenes is 1. The number of hydrogen-bond donors (Lipinski definition) is 1. The van der Waals surface area contributed by atoms with Gasteiger partial charge in [0.05, 0.1) is 6.54 Å². The fourth-order valence-corrected chi connectivity index (χ4v) is 1.76. The lowest BCUT2D eigenvalue weighted by molar-refractivity contribution is 0.0957. The molecule has 1 amide bonds. The lowest BCUT2D eigenvalue weighted by Crippen LogP contribution is -2.23. The van der Waals surface area contributed by atoms with Crippen molar-refractivity contribution in [3.05, 3.63) is 71.3 Å². The van der Waals surface area contributed by atoms with E-state index in [2.05, 4.69) is 11.2 Å². The van der Waals surface area contributed by atoms with Gasteiger partial charge in [0.1, 0.15) is 0 Å². The summed E-state index contributed by atoms with van der Waals surface area (Å²) in [5.74, 6) is 2.02. The van der Waals surface area contributed by atoms with Gasteiger partial charge in [-0.1, -0.05) is 48.4 Å². The normalized spacial score (nSPS) is 9.55. The molecule has 2 aromatic carbocycles. The summed E-state index contributed by atoms with van der Waals surface area (Å²) in [4.78, 5) is 23.8. The number of nitrogens with one attached hydrogen (secondary N) is 1. The van der Waals surface area contributed by atoms with Crippen LogP contribution < -0.4 is 5.32 Å². The minimum Gasteiger partial charge on any atom is -0.341 e. The second-order valence-electron chi connectivity index (χ2n) is 4.16. The summed E-state index contributed by atoms with van der Waals surface area (Å²) >= 11 is 0. The zero-order valence-corrected chi connectivity index (χ0v) is 10.8. The van der Waals surface area contributed by atoms with E-state index in [1.165, 1.54) is 0 Å². The Labute approximate surface area is 117 Å². The highest BCUT2D eigenvalue weighted by Crippen LogP contribution is 2.11. The highest BCUT2D eigenvalue weighted by Gasteiger charge is 2.10. The zero-order valence-electron chi connectivity index (χ0n) is 10.8. The lowest BCUT2D eigenvalue weighted by Gasteiger charge is -2.04. The van der Waals surface area contributed by atoms with Crippen molar-refractivity contribution >= 4 is 11.7 Å². The molecule has 3 nitrogen and oxygen atoms in total. The number of rotatable bonds is 4. The summed E-state index contributed by atoms with van der Waals surface area (Å²) in [6.45, 7) is 0.184. The number of hydrogen-bond acceptors (Lipinski definition) is 2. The van der Waals surface area contributed by atoms with Gasteiger partial charge in [-0.15, -0.1) is 6.42 Å². The van der Waals surface area contributed by atoms with Crippen molar-refractivity contribution in [2.45, 2.75) is 0 Å². The average Bonchev–Trinajstić information content (AvgIpc) is 2.53. The Morgan fingerprint density at radius 2 is 1.45 bits per heavy atom. The fourth-order valence-electron chi connectivity index (χ4n) is 1.76. The molecule has 2 aromatic rings. The molecule has 2 rings (SSSR count). The Bertz CT molecular complexity index is 652. The van der Waals surface area contributed by atoms with E-state index in [9.17, 15) is 9.59 Å². The first-order valence-corrected chi connectivity index (χ1v) is 6.14. The predicted molar refractivity (Wildman–Crippen MR) is 77.5 cm³/mol. The fraction of sp³-hybridized carbons (Fsp3) is 0.0588. The second kappa shape index (κ2) is 6.35. The van der Waals surface area contributed by atoms with E-state index >= 15 is 0 Å². The van der Waals surface area contributed by atoms with Crippen LogP contribution >= 0.6 is 0 Å². The van der Waals surface area contributed by atoms with Crippen molar-refractivity contribution in [2.75, 3.05) is 6.54 Å². The molecule has 0 fully saturated rings. The molecule has 20 heavy (non-hydrogen) atoms. The van der Waals surface area contributed by atoms with E-state index in [0.717, 1.165) is 0 Å². The van der Waals surface area contributed by atoms with Crippen LogP contribution in [0.15, 0.2) is 54.6 Å². The van der Waals surface area contributed by atoms with Gasteiger partial charge in [-0.3, -0.25) is 9.59 Å². The van der Waals surface area contributed by atoms with Crippen molar-refractivity contribution in [1.29, 1.82) is 0 Å². The van der Waals surface area contributed by atoms with Gasteiger partial charge < -0.3 is 5.32 Å². The maximum absolute atomic E-state index is 12.2. The number of ketones is 1. The van der Waals surface area contributed by atoms with Crippen LogP contribution in [0.1, 0.15) is 26.3 Å². The molecule has 0 saturated heterocycles. The first-order valence-electron chi connectivity index (χ1n) is 6.14. The van der Waals surface area contributed by atoms with Crippen LogP contribution in [-0.4, -0.2) is 18.2 Å². The molecule has 0 radical (unpaired) electrons. The first-order chi connectivity index (χ1) is 9.72. The molecule has 0 aliphatic carbocycles. The third-order valence-corrected chi connectivity index (χ3v) is 2.80. The number of carbonyl (C=O) groups excluding carboxylic acids is 2. The first kappa shape index (κ1) is 13.6. The molecule has 3 heteroatoms. The van der Waals surface area contributed by atoms with Gasteiger partial charge in [-0.2, -0.15) is 0 Å². The molecular weight excluding hydrogens is 250 g/mol. The largest absolute Gasteiger partial charge is 0.341 e. The van der Waals surface area contributed by atoms with Gasteiger partial charge in [-0.05, 0) is 12.1 Å². The van der Waals surface area contributed by atoms with Gasteiger partial charge in [0.25, 0.3) is 5.91 Å². The minimum absolute atomic E-state index is 0.0683. The Hall–Kier alpha value is -2.86. The highest BCUT2D eigenvalue weighted by molar-refractivity contribution is 6.09. The van der Waals surface area contributed by atoms with Gasteiger partial charge >= 0.3 is 0 Å². The van der Waals surface area contributed by atoms with Crippen molar-refractivity contribution < 1.29 is 9.59 Å². The lowest BCUT2D eigenvalue weighted by atomic mass is 10.0. The van der Waals surface area contributed by atoms with Crippen LogP contribution in [-0.2, 0) is 0 Å². The predicted octanol–water partition coefficient (Wildman–Crippen LogP) is 2.28. The smallest absolute Gasteiger partial charge is 0.252 e. The van der Waals surface area contributed by atoms with Crippen LogP contribution in [0, 0.1) is 12.3 Å². The summed E-state index contributed by atoms with van der Waals surface area (Å²) in [5.41, 5.74) is 1.64. The highest BCUT2D eigenvalue weighted by atomic mass is 16.1. The molecule has 0 heterocycles. The summed E-state index contributed by atoms with van der Waals surface area (Å²) < 4.78 is 0. The maximum atomic E-state index is 12.2. The van der Waals surface area contributed by atoms with Crippen molar-refractivity contribution in [2.24, 2.45) is 0 Å². The van der Waals surface area contributed by atoms with Crippen LogP contribution in [0.4, 0.5) is 0 Å². The molecule has 0 aromatic heterocycles. The van der Waals surface area contributed by atoms with Crippen LogP contribution in [0.2, 0.25) is 0 Å². The number of amides is 1. The molecule has 0 aliphatic rings. The van der Waals surface area contributed by atoms with Crippen LogP contribution in [0.25, 0.3) is 0 Å². The molecule has 0 spiro atoms. The summed E-state index contributed by atoms with van der Waals surface area (Å²) in [5, 5.41) is 2.57. The van der Waals surface area contributed by atoms with Crippen molar-refractivity contribution in [3.8, 4) is 12.3 Å². The third kappa shape index (κ3) is 3.12. The van der Waals surface area contributed by atoms with Gasteiger partial charge in [-0.25, -0.2) is 0 Å². The monoisotopic (exact) mass is 263 g/mol. The topological polar surface area (TPSA) is 46.2 Å². The van der Waals surface area contributed by atoms with E-state index in [0.29, 0.717) is 16.7 Å². The quantitative estimate of drug-likeness (QED) is 0.679. The van der Waals surface area contributed by atoms with Gasteiger partial charge in [0.15, 0.2) is 5.78 Å². The average molecular weight is 263 g/mol. The number of carbonyl (C=O) groups is 2. The maximum Gasteiger partial charge on any atom is 0.252 e. The summed E-state index contributed by atoms with van der Waals surface area (Å²) in [6, 6.07) is 15.5. The SMILES string of the molecule is C#CCNC(=O)c1ccc(C(=O)c2ccccc2)cc1. The van der Waals surface area contributed by atoms with Crippen LogP contribution in [0.3, 0.4) is 0 Å². The van der Waals surface area contributed by atoms with E-state index in [4.69, 9.17) is 6.42 Å². The van der Waals surface area contributed by atoms with Crippen molar-refractivity contribution in [1.82, 2.24) is 5.32 Å². The molecule has 0 atom stereocenters. The minimum atomic E-state index is -0.248. The van der Waals surface area contributed by atoms with Gasteiger partial charge in [0, 0.05) is 16.7 Å². The van der Waals surface area contributed by atoms with E-state index in [1.807, 2.05) is 18.2 Å². The van der Waals surface area contributed by atoms with E-state index in [-0.39, 0.29) is 18.2 Å². The summed E-state index contributed by atoms with van der Waals surface area (Å²) in [7, 11) is 0. The molecule has 0 unspecified atom stereocenters. The van der Waals surface area contributed by atoms with Gasteiger partial charge in [0.2, 0.25) is 0 Å². The Balaban J connectivity index is 2.15. The Kier molecular flexibility index (Phi) is 4.31. The van der Waals surface area contributed by atoms with E-state index < -0.39 is 0 Å². The Morgan fingerprint density at radius 3 is 2.05 bits per heavy atom. The zero-order chi connectivity index (χ0) is 14.4. The molecule has 1 N–H and O–H groups in total. The number of benzene rings is 2. The second-order valence-corrected chi connectivity index (χ2v) is 4.16. The standard InChI is InChI=1S/C17H13NO2/c1-2-12-18-17(20)15-10-8-14(9-11-15)16(19)13-6-4-3-5-7-13/h1,3-11H,12H2,(H,18,20). The Morgan fingerprint density at radius 1 is 0.900 bits per heavy atom. The van der Waals surface area contributed by atoms with Crippen LogP contribution in [0.5, 0.6) is 0 Å².